The van der Waals surface area contributed by atoms with E-state index < -0.39 is 18.0 Å². The number of hydrogen-bond donors (Lipinski definition) is 1. The largest absolute Gasteiger partial charge is 0.468 e. The number of carbonyl (C=O) groups is 1. The minimum Gasteiger partial charge on any atom is -0.468 e. The third-order valence-corrected chi connectivity index (χ3v) is 1.58. The summed E-state index contributed by atoms with van der Waals surface area (Å²) in [6.45, 7) is 0. The Morgan fingerprint density at radius 3 is 3.00 bits per heavy atom. The van der Waals surface area contributed by atoms with Crippen LogP contribution in [0, 0.1) is 5.95 Å². The molecule has 1 aromatic rings. The van der Waals surface area contributed by atoms with Crippen molar-refractivity contribution in [2.24, 2.45) is 5.73 Å². The van der Waals surface area contributed by atoms with Crippen LogP contribution in [-0.4, -0.2) is 18.1 Å². The van der Waals surface area contributed by atoms with Crippen LogP contribution in [0.3, 0.4) is 0 Å². The lowest BCUT2D eigenvalue weighted by atomic mass is 10.1. The Hall–Kier alpha value is -1.49. The van der Waals surface area contributed by atoms with Crippen LogP contribution in [0.2, 0.25) is 0 Å². The molecule has 0 unspecified atom stereocenters. The number of pyridine rings is 1. The SMILES string of the molecule is COC(=O)[C@H](N)c1cccnc1F. The van der Waals surface area contributed by atoms with Crippen molar-refractivity contribution in [3.8, 4) is 0 Å². The molecule has 0 aromatic carbocycles. The fourth-order valence-electron chi connectivity index (χ4n) is 0.884. The molecule has 0 aliphatic heterocycles. The number of nitrogens with two attached hydrogens (primary N) is 1. The van der Waals surface area contributed by atoms with Gasteiger partial charge in [0.15, 0.2) is 0 Å². The van der Waals surface area contributed by atoms with Crippen LogP contribution in [0.1, 0.15) is 11.6 Å². The van der Waals surface area contributed by atoms with Crippen molar-refractivity contribution >= 4 is 5.97 Å². The lowest BCUT2D eigenvalue weighted by Gasteiger charge is -2.08. The molecule has 5 heteroatoms. The summed E-state index contributed by atoms with van der Waals surface area (Å²) in [6.07, 6.45) is 1.28. The van der Waals surface area contributed by atoms with E-state index in [1.165, 1.54) is 25.4 Å². The second kappa shape index (κ2) is 3.95. The molecule has 1 aromatic heterocycles. The molecule has 0 amide bonds. The van der Waals surface area contributed by atoms with Crippen molar-refractivity contribution in [2.45, 2.75) is 6.04 Å². The van der Waals surface area contributed by atoms with Crippen LogP contribution < -0.4 is 5.73 Å². The van der Waals surface area contributed by atoms with Crippen LogP contribution >= 0.6 is 0 Å². The number of ether oxygens (including phenoxy) is 1. The first-order valence-corrected chi connectivity index (χ1v) is 3.60. The summed E-state index contributed by atoms with van der Waals surface area (Å²) in [5.41, 5.74) is 5.43. The Labute approximate surface area is 74.5 Å². The van der Waals surface area contributed by atoms with Gasteiger partial charge in [-0.2, -0.15) is 4.39 Å². The van der Waals surface area contributed by atoms with E-state index in [-0.39, 0.29) is 5.56 Å². The van der Waals surface area contributed by atoms with Gasteiger partial charge in [-0.1, -0.05) is 6.07 Å². The van der Waals surface area contributed by atoms with E-state index in [0.29, 0.717) is 0 Å². The van der Waals surface area contributed by atoms with Crippen molar-refractivity contribution in [1.29, 1.82) is 0 Å². The van der Waals surface area contributed by atoms with E-state index >= 15 is 0 Å². The normalized spacial score (nSPS) is 12.2. The number of halogens is 1. The summed E-state index contributed by atoms with van der Waals surface area (Å²) in [4.78, 5) is 14.3. The molecule has 70 valence electrons. The standard InChI is InChI=1S/C8H9FN2O2/c1-13-8(12)6(10)5-3-2-4-11-7(5)9/h2-4,6H,10H2,1H3/t6-/m1/s1. The maximum atomic E-state index is 12.9. The minimum absolute atomic E-state index is 0.0364. The smallest absolute Gasteiger partial charge is 0.327 e. The van der Waals surface area contributed by atoms with Crippen LogP contribution in [-0.2, 0) is 9.53 Å². The Morgan fingerprint density at radius 2 is 2.46 bits per heavy atom. The molecule has 0 saturated carbocycles. The zero-order valence-electron chi connectivity index (χ0n) is 7.03. The second-order valence-electron chi connectivity index (χ2n) is 2.38. The summed E-state index contributed by atoms with van der Waals surface area (Å²) >= 11 is 0. The van der Waals surface area contributed by atoms with Crippen molar-refractivity contribution in [3.63, 3.8) is 0 Å². The van der Waals surface area contributed by atoms with E-state index in [1.54, 1.807) is 0 Å². The second-order valence-corrected chi connectivity index (χ2v) is 2.38. The van der Waals surface area contributed by atoms with Crippen molar-refractivity contribution < 1.29 is 13.9 Å². The first-order valence-electron chi connectivity index (χ1n) is 3.60. The van der Waals surface area contributed by atoms with Gasteiger partial charge in [0.05, 0.1) is 7.11 Å². The number of methoxy groups -OCH3 is 1. The molecule has 0 aliphatic carbocycles. The number of hydrogen-bond acceptors (Lipinski definition) is 4. The Kier molecular flexibility index (Phi) is 2.92. The predicted molar refractivity (Wildman–Crippen MR) is 43.1 cm³/mol. The first kappa shape index (κ1) is 9.60. The zero-order chi connectivity index (χ0) is 9.84. The molecule has 0 fully saturated rings. The number of rotatable bonds is 2. The molecule has 2 N–H and O–H groups in total. The van der Waals surface area contributed by atoms with Crippen LogP contribution in [0.25, 0.3) is 0 Å². The van der Waals surface area contributed by atoms with E-state index in [0.717, 1.165) is 0 Å². The lowest BCUT2D eigenvalue weighted by molar-refractivity contribution is -0.142. The molecule has 4 nitrogen and oxygen atoms in total. The molecule has 13 heavy (non-hydrogen) atoms. The molecule has 1 rings (SSSR count). The van der Waals surface area contributed by atoms with Gasteiger partial charge in [-0.05, 0) is 6.07 Å². The van der Waals surface area contributed by atoms with E-state index in [1.807, 2.05) is 0 Å². The average molecular weight is 184 g/mol. The lowest BCUT2D eigenvalue weighted by Crippen LogP contribution is -2.23. The van der Waals surface area contributed by atoms with Gasteiger partial charge >= 0.3 is 5.97 Å². The summed E-state index contributed by atoms with van der Waals surface area (Å²) in [7, 11) is 1.19. The average Bonchev–Trinajstić information content (AvgIpc) is 2.16. The quantitative estimate of drug-likeness (QED) is 0.533. The maximum absolute atomic E-state index is 12.9. The highest BCUT2D eigenvalue weighted by atomic mass is 19.1. The fourth-order valence-corrected chi connectivity index (χ4v) is 0.884. The molecular weight excluding hydrogens is 175 g/mol. The van der Waals surface area contributed by atoms with Gasteiger partial charge in [-0.15, -0.1) is 0 Å². The third-order valence-electron chi connectivity index (χ3n) is 1.58. The topological polar surface area (TPSA) is 65.2 Å². The highest BCUT2D eigenvalue weighted by Crippen LogP contribution is 2.13. The number of aromatic nitrogens is 1. The van der Waals surface area contributed by atoms with Crippen LogP contribution in [0.4, 0.5) is 4.39 Å². The van der Waals surface area contributed by atoms with Gasteiger partial charge in [0.1, 0.15) is 6.04 Å². The first-order chi connectivity index (χ1) is 6.16. The zero-order valence-corrected chi connectivity index (χ0v) is 7.03. The molecule has 0 bridgehead atoms. The Bertz CT molecular complexity index is 317. The van der Waals surface area contributed by atoms with Gasteiger partial charge in [0, 0.05) is 11.8 Å². The molecule has 0 spiro atoms. The van der Waals surface area contributed by atoms with E-state index in [4.69, 9.17) is 5.73 Å². The van der Waals surface area contributed by atoms with Gasteiger partial charge in [-0.3, -0.25) is 4.79 Å². The highest BCUT2D eigenvalue weighted by molar-refractivity contribution is 5.77. The van der Waals surface area contributed by atoms with Crippen LogP contribution in [0.15, 0.2) is 18.3 Å². The maximum Gasteiger partial charge on any atom is 0.327 e. The summed E-state index contributed by atoms with van der Waals surface area (Å²) < 4.78 is 17.3. The van der Waals surface area contributed by atoms with Crippen molar-refractivity contribution in [2.75, 3.05) is 7.11 Å². The molecular formula is C8H9FN2O2. The van der Waals surface area contributed by atoms with Gasteiger partial charge < -0.3 is 10.5 Å². The van der Waals surface area contributed by atoms with Crippen molar-refractivity contribution in [3.05, 3.63) is 29.8 Å². The number of esters is 1. The van der Waals surface area contributed by atoms with E-state index in [9.17, 15) is 9.18 Å². The van der Waals surface area contributed by atoms with Gasteiger partial charge in [0.25, 0.3) is 0 Å². The van der Waals surface area contributed by atoms with Gasteiger partial charge in [0.2, 0.25) is 5.95 Å². The molecule has 0 radical (unpaired) electrons. The number of carbonyl (C=O) groups excluding carboxylic acids is 1. The predicted octanol–water partition coefficient (Wildman–Crippen LogP) is 0.393. The molecule has 1 heterocycles. The molecule has 1 atom stereocenters. The number of nitrogens with zero attached hydrogens (tertiary/aromatic N) is 1. The Morgan fingerprint density at radius 1 is 1.77 bits per heavy atom. The fraction of sp³-hybridized carbons (Fsp3) is 0.250. The minimum atomic E-state index is -1.11. The third kappa shape index (κ3) is 2.00. The van der Waals surface area contributed by atoms with E-state index in [2.05, 4.69) is 9.72 Å². The monoisotopic (exact) mass is 184 g/mol. The molecule has 0 aliphatic rings. The summed E-state index contributed by atoms with van der Waals surface area (Å²) in [6, 6.07) is 1.78. The van der Waals surface area contributed by atoms with Crippen LogP contribution in [0.5, 0.6) is 0 Å². The summed E-state index contributed by atoms with van der Waals surface area (Å²) in [5.74, 6) is -1.44. The Balaban J connectivity index is 2.95. The van der Waals surface area contributed by atoms with Crippen molar-refractivity contribution in [1.82, 2.24) is 4.98 Å². The highest BCUT2D eigenvalue weighted by Gasteiger charge is 2.19. The van der Waals surface area contributed by atoms with Gasteiger partial charge in [-0.25, -0.2) is 4.98 Å². The molecule has 0 saturated heterocycles. The summed E-state index contributed by atoms with van der Waals surface area (Å²) in [5, 5.41) is 0.